The number of alkyl halides is 3. The summed E-state index contributed by atoms with van der Waals surface area (Å²) in [5.74, 6) is 0.623. The van der Waals surface area contributed by atoms with E-state index in [0.29, 0.717) is 40.7 Å². The smallest absolute Gasteiger partial charge is 0.416 e. The molecular formula is C24H24F3N5OS. The standard InChI is InChI=1S/C24H24F3N5OS/c1-2-19-28-23-32(29-19)22(33)21(34-23)20(16-8-10-17(11-9-16)24(25,26)27)31-14-12-30(13-15-31)18-6-4-3-5-7-18/h3-11,20,33H,2,12-15H2,1H3. The van der Waals surface area contributed by atoms with Crippen molar-refractivity contribution >= 4 is 22.0 Å². The van der Waals surface area contributed by atoms with Crippen molar-refractivity contribution in [1.29, 1.82) is 0 Å². The normalized spacial score (nSPS) is 16.3. The number of hydrogen-bond acceptors (Lipinski definition) is 6. The molecular weight excluding hydrogens is 463 g/mol. The Morgan fingerprint density at radius 1 is 1.00 bits per heavy atom. The van der Waals surface area contributed by atoms with Gasteiger partial charge in [0.05, 0.1) is 16.5 Å². The van der Waals surface area contributed by atoms with E-state index in [9.17, 15) is 18.3 Å². The average molecular weight is 488 g/mol. The van der Waals surface area contributed by atoms with Crippen LogP contribution in [0.15, 0.2) is 54.6 Å². The van der Waals surface area contributed by atoms with Crippen LogP contribution in [0.3, 0.4) is 0 Å². The van der Waals surface area contributed by atoms with Gasteiger partial charge < -0.3 is 10.0 Å². The topological polar surface area (TPSA) is 56.9 Å². The van der Waals surface area contributed by atoms with Crippen molar-refractivity contribution in [3.8, 4) is 5.88 Å². The lowest BCUT2D eigenvalue weighted by Gasteiger charge is -2.40. The third-order valence-electron chi connectivity index (χ3n) is 6.16. The van der Waals surface area contributed by atoms with E-state index in [1.807, 2.05) is 25.1 Å². The second-order valence-corrected chi connectivity index (χ2v) is 9.26. The molecule has 2 aromatic heterocycles. The lowest BCUT2D eigenvalue weighted by atomic mass is 10.0. The van der Waals surface area contributed by atoms with E-state index in [4.69, 9.17) is 0 Å². The van der Waals surface area contributed by atoms with Crippen molar-refractivity contribution in [2.75, 3.05) is 31.1 Å². The molecule has 6 nitrogen and oxygen atoms in total. The summed E-state index contributed by atoms with van der Waals surface area (Å²) in [5, 5.41) is 15.4. The Morgan fingerprint density at radius 2 is 1.68 bits per heavy atom. The predicted octanol–water partition coefficient (Wildman–Crippen LogP) is 4.99. The Kier molecular flexibility index (Phi) is 5.95. The first-order valence-electron chi connectivity index (χ1n) is 11.1. The van der Waals surface area contributed by atoms with E-state index in [0.717, 1.165) is 30.9 Å². The number of fused-ring (bicyclic) bond motifs is 1. The molecule has 1 aliphatic rings. The van der Waals surface area contributed by atoms with Gasteiger partial charge in [-0.3, -0.25) is 4.90 Å². The highest BCUT2D eigenvalue weighted by Crippen LogP contribution is 2.41. The predicted molar refractivity (Wildman–Crippen MR) is 125 cm³/mol. The lowest BCUT2D eigenvalue weighted by Crippen LogP contribution is -2.47. The highest BCUT2D eigenvalue weighted by Gasteiger charge is 2.34. The van der Waals surface area contributed by atoms with E-state index in [2.05, 4.69) is 32.0 Å². The molecule has 0 amide bonds. The number of nitrogens with zero attached hydrogens (tertiary/aromatic N) is 5. The molecule has 1 atom stereocenters. The molecule has 0 saturated carbocycles. The first-order chi connectivity index (χ1) is 16.3. The summed E-state index contributed by atoms with van der Waals surface area (Å²) in [7, 11) is 0. The molecule has 5 rings (SSSR count). The molecule has 1 fully saturated rings. The number of para-hydroxylation sites is 1. The fourth-order valence-electron chi connectivity index (χ4n) is 4.38. The molecule has 1 aliphatic heterocycles. The van der Waals surface area contributed by atoms with E-state index in [1.54, 1.807) is 0 Å². The van der Waals surface area contributed by atoms with Crippen molar-refractivity contribution in [3.05, 3.63) is 76.4 Å². The summed E-state index contributed by atoms with van der Waals surface area (Å²) in [6.07, 6.45) is -3.76. The van der Waals surface area contributed by atoms with E-state index in [1.165, 1.54) is 28.0 Å². The average Bonchev–Trinajstić information content (AvgIpc) is 3.39. The van der Waals surface area contributed by atoms with Gasteiger partial charge in [0.25, 0.3) is 0 Å². The number of aryl methyl sites for hydroxylation is 1. The summed E-state index contributed by atoms with van der Waals surface area (Å²) >= 11 is 1.33. The summed E-state index contributed by atoms with van der Waals surface area (Å²) in [4.78, 5) is 10.2. The number of aromatic hydroxyl groups is 1. The Hall–Kier alpha value is -3.11. The minimum absolute atomic E-state index is 0.0115. The van der Waals surface area contributed by atoms with Gasteiger partial charge in [0.2, 0.25) is 10.8 Å². The van der Waals surface area contributed by atoms with Crippen LogP contribution < -0.4 is 4.90 Å². The largest absolute Gasteiger partial charge is 0.492 e. The highest BCUT2D eigenvalue weighted by molar-refractivity contribution is 7.17. The van der Waals surface area contributed by atoms with Crippen molar-refractivity contribution in [1.82, 2.24) is 19.5 Å². The molecule has 34 heavy (non-hydrogen) atoms. The van der Waals surface area contributed by atoms with E-state index >= 15 is 0 Å². The molecule has 1 saturated heterocycles. The third kappa shape index (κ3) is 4.23. The third-order valence-corrected chi connectivity index (χ3v) is 7.24. The van der Waals surface area contributed by atoms with Crippen LogP contribution in [0, 0.1) is 0 Å². The lowest BCUT2D eigenvalue weighted by molar-refractivity contribution is -0.137. The van der Waals surface area contributed by atoms with Crippen LogP contribution in [-0.2, 0) is 12.6 Å². The van der Waals surface area contributed by atoms with Crippen LogP contribution in [-0.4, -0.2) is 50.8 Å². The second kappa shape index (κ2) is 8.92. The Balaban J connectivity index is 1.49. The van der Waals surface area contributed by atoms with Gasteiger partial charge in [-0.1, -0.05) is 48.6 Å². The zero-order valence-corrected chi connectivity index (χ0v) is 19.4. The fourth-order valence-corrected chi connectivity index (χ4v) is 5.51. The monoisotopic (exact) mass is 487 g/mol. The zero-order chi connectivity index (χ0) is 23.9. The first kappa shape index (κ1) is 22.7. The number of benzene rings is 2. The molecule has 2 aromatic carbocycles. The maximum Gasteiger partial charge on any atom is 0.416 e. The minimum atomic E-state index is -4.40. The SMILES string of the molecule is CCc1nc2sc(C(c3ccc(C(F)(F)F)cc3)N3CCN(c4ccccc4)CC3)c(O)n2n1. The first-order valence-corrected chi connectivity index (χ1v) is 12.0. The number of aromatic nitrogens is 3. The molecule has 1 N–H and O–H groups in total. The van der Waals surface area contributed by atoms with Gasteiger partial charge in [-0.15, -0.1) is 5.10 Å². The van der Waals surface area contributed by atoms with Gasteiger partial charge in [0, 0.05) is 38.3 Å². The minimum Gasteiger partial charge on any atom is -0.492 e. The molecule has 3 heterocycles. The number of piperazine rings is 1. The van der Waals surface area contributed by atoms with E-state index in [-0.39, 0.29) is 5.88 Å². The maximum absolute atomic E-state index is 13.2. The quantitative estimate of drug-likeness (QED) is 0.430. The summed E-state index contributed by atoms with van der Waals surface area (Å²) in [6, 6.07) is 14.9. The Labute approximate surface area is 198 Å². The molecule has 1 unspecified atom stereocenters. The fraction of sp³-hybridized carbons (Fsp3) is 0.333. The van der Waals surface area contributed by atoms with Crippen molar-refractivity contribution in [3.63, 3.8) is 0 Å². The van der Waals surface area contributed by atoms with Crippen LogP contribution in [0.5, 0.6) is 5.88 Å². The summed E-state index contributed by atoms with van der Waals surface area (Å²) in [6.45, 7) is 4.85. The number of halogens is 3. The molecule has 0 bridgehead atoms. The Morgan fingerprint density at radius 3 is 2.26 bits per heavy atom. The van der Waals surface area contributed by atoms with Gasteiger partial charge >= 0.3 is 6.18 Å². The van der Waals surface area contributed by atoms with Crippen LogP contribution in [0.25, 0.3) is 4.96 Å². The van der Waals surface area contributed by atoms with Crippen LogP contribution >= 0.6 is 11.3 Å². The van der Waals surface area contributed by atoms with Gasteiger partial charge in [-0.25, -0.2) is 4.98 Å². The molecule has 178 valence electrons. The van der Waals surface area contributed by atoms with Gasteiger partial charge in [0.1, 0.15) is 0 Å². The molecule has 0 aliphatic carbocycles. The zero-order valence-electron chi connectivity index (χ0n) is 18.5. The van der Waals surface area contributed by atoms with Crippen molar-refractivity contribution in [2.45, 2.75) is 25.6 Å². The summed E-state index contributed by atoms with van der Waals surface area (Å²) < 4.78 is 40.9. The number of anilines is 1. The van der Waals surface area contributed by atoms with Gasteiger partial charge in [-0.05, 0) is 29.8 Å². The molecule has 0 radical (unpaired) electrons. The number of hydrogen-bond donors (Lipinski definition) is 1. The molecule has 10 heteroatoms. The molecule has 4 aromatic rings. The van der Waals surface area contributed by atoms with Crippen molar-refractivity contribution < 1.29 is 18.3 Å². The van der Waals surface area contributed by atoms with Crippen LogP contribution in [0.2, 0.25) is 0 Å². The number of thiazole rings is 1. The molecule has 0 spiro atoms. The number of rotatable bonds is 5. The van der Waals surface area contributed by atoms with Gasteiger partial charge in [0.15, 0.2) is 5.82 Å². The highest BCUT2D eigenvalue weighted by atomic mass is 32.1. The second-order valence-electron chi connectivity index (χ2n) is 8.25. The van der Waals surface area contributed by atoms with Gasteiger partial charge in [-0.2, -0.15) is 17.7 Å². The van der Waals surface area contributed by atoms with Crippen LogP contribution in [0.4, 0.5) is 18.9 Å². The summed E-state index contributed by atoms with van der Waals surface area (Å²) in [5.41, 5.74) is 1.14. The maximum atomic E-state index is 13.2. The van der Waals surface area contributed by atoms with Crippen LogP contribution in [0.1, 0.15) is 34.8 Å². The van der Waals surface area contributed by atoms with E-state index < -0.39 is 17.8 Å². The Bertz CT molecular complexity index is 1260. The van der Waals surface area contributed by atoms with Crippen molar-refractivity contribution in [2.24, 2.45) is 0 Å².